The maximum Gasteiger partial charge on any atom is 0.258 e. The van der Waals surface area contributed by atoms with Crippen LogP contribution in [0.15, 0.2) is 17.5 Å². The zero-order valence-corrected chi connectivity index (χ0v) is 13.1. The van der Waals surface area contributed by atoms with E-state index in [0.29, 0.717) is 17.3 Å². The van der Waals surface area contributed by atoms with E-state index >= 15 is 0 Å². The van der Waals surface area contributed by atoms with Crippen LogP contribution in [0.5, 0.6) is 11.8 Å². The number of amides is 1. The number of methoxy groups -OCH3 is 2. The monoisotopic (exact) mass is 391 g/mol. The highest BCUT2D eigenvalue weighted by molar-refractivity contribution is 14.1. The van der Waals surface area contributed by atoms with Crippen molar-refractivity contribution >= 4 is 45.8 Å². The van der Waals surface area contributed by atoms with Gasteiger partial charge in [-0.05, 0) is 28.7 Å². The summed E-state index contributed by atoms with van der Waals surface area (Å²) in [5.41, 5.74) is 0.569. The molecule has 0 unspecified atom stereocenters. The first-order valence-electron chi connectivity index (χ1n) is 5.15. The van der Waals surface area contributed by atoms with E-state index in [1.165, 1.54) is 31.6 Å². The maximum atomic E-state index is 12.0. The Labute approximate surface area is 127 Å². The van der Waals surface area contributed by atoms with Crippen LogP contribution in [0, 0.1) is 2.88 Å². The number of nitrogens with zero attached hydrogens (tertiary/aromatic N) is 2. The average molecular weight is 391 g/mol. The molecule has 19 heavy (non-hydrogen) atoms. The molecule has 100 valence electrons. The van der Waals surface area contributed by atoms with Crippen LogP contribution in [-0.4, -0.2) is 30.1 Å². The number of anilines is 1. The number of carbonyl (C=O) groups is 1. The minimum atomic E-state index is -0.269. The van der Waals surface area contributed by atoms with Crippen LogP contribution in [-0.2, 0) is 0 Å². The van der Waals surface area contributed by atoms with E-state index in [4.69, 9.17) is 9.47 Å². The lowest BCUT2D eigenvalue weighted by Crippen LogP contribution is -2.14. The molecule has 0 aliphatic carbocycles. The van der Waals surface area contributed by atoms with Crippen molar-refractivity contribution in [3.63, 3.8) is 0 Å². The van der Waals surface area contributed by atoms with Gasteiger partial charge in [-0.2, -0.15) is 9.97 Å². The Morgan fingerprint density at radius 3 is 2.37 bits per heavy atom. The third-order valence-corrected chi connectivity index (χ3v) is 3.94. The lowest BCUT2D eigenvalue weighted by molar-refractivity contribution is 0.102. The second kappa shape index (κ2) is 6.15. The largest absolute Gasteiger partial charge is 0.481 e. The lowest BCUT2D eigenvalue weighted by Gasteiger charge is -2.06. The van der Waals surface area contributed by atoms with Gasteiger partial charge < -0.3 is 9.47 Å². The Hall–Kier alpha value is -1.42. The molecule has 0 fully saturated rings. The van der Waals surface area contributed by atoms with Gasteiger partial charge >= 0.3 is 0 Å². The maximum absolute atomic E-state index is 12.0. The Morgan fingerprint density at radius 2 is 1.89 bits per heavy atom. The number of carbonyl (C=O) groups excluding carboxylic acids is 1. The van der Waals surface area contributed by atoms with Gasteiger partial charge in [-0.1, -0.05) is 0 Å². The average Bonchev–Trinajstić information content (AvgIpc) is 2.85. The zero-order chi connectivity index (χ0) is 13.8. The molecule has 0 aromatic carbocycles. The highest BCUT2D eigenvalue weighted by atomic mass is 127. The Kier molecular flexibility index (Phi) is 4.53. The smallest absolute Gasteiger partial charge is 0.258 e. The highest BCUT2D eigenvalue weighted by Crippen LogP contribution is 2.20. The first-order valence-corrected chi connectivity index (χ1v) is 7.10. The number of rotatable bonds is 4. The van der Waals surface area contributed by atoms with Gasteiger partial charge in [-0.25, -0.2) is 0 Å². The van der Waals surface area contributed by atoms with E-state index in [2.05, 4.69) is 37.9 Å². The number of hydrogen-bond donors (Lipinski definition) is 1. The molecule has 2 heterocycles. The highest BCUT2D eigenvalue weighted by Gasteiger charge is 2.12. The molecule has 0 saturated carbocycles. The van der Waals surface area contributed by atoms with Crippen molar-refractivity contribution in [2.45, 2.75) is 0 Å². The van der Waals surface area contributed by atoms with E-state index < -0.39 is 0 Å². The molecule has 0 aliphatic rings. The summed E-state index contributed by atoms with van der Waals surface area (Å²) in [6, 6.07) is 3.32. The molecule has 0 atom stereocenters. The van der Waals surface area contributed by atoms with Gasteiger partial charge in [-0.3, -0.25) is 10.1 Å². The molecule has 1 amide bonds. The standard InChI is InChI=1S/C11H10IN3O3S/c1-17-8-4-9(18-2)14-11(13-8)15-10(16)6-3-7(12)19-5-6/h3-5H,1-2H3,(H,13,14,15,16). The third kappa shape index (κ3) is 3.53. The molecular weight excluding hydrogens is 381 g/mol. The molecule has 0 aliphatic heterocycles. The molecule has 0 saturated heterocycles. The molecule has 0 bridgehead atoms. The van der Waals surface area contributed by atoms with E-state index in [0.717, 1.165) is 2.88 Å². The van der Waals surface area contributed by atoms with Gasteiger partial charge in [0.2, 0.25) is 17.7 Å². The van der Waals surface area contributed by atoms with Crippen molar-refractivity contribution in [2.24, 2.45) is 0 Å². The first kappa shape index (κ1) is 14.0. The van der Waals surface area contributed by atoms with Gasteiger partial charge in [-0.15, -0.1) is 11.3 Å². The van der Waals surface area contributed by atoms with E-state index in [-0.39, 0.29) is 11.9 Å². The van der Waals surface area contributed by atoms with Crippen LogP contribution in [0.1, 0.15) is 10.4 Å². The van der Waals surface area contributed by atoms with E-state index in [1.54, 1.807) is 11.4 Å². The van der Waals surface area contributed by atoms with Gasteiger partial charge in [0.15, 0.2) is 0 Å². The minimum absolute atomic E-state index is 0.141. The molecule has 2 rings (SSSR count). The van der Waals surface area contributed by atoms with Crippen molar-refractivity contribution in [2.75, 3.05) is 19.5 Å². The fourth-order valence-corrected chi connectivity index (χ4v) is 2.60. The minimum Gasteiger partial charge on any atom is -0.481 e. The van der Waals surface area contributed by atoms with Gasteiger partial charge in [0, 0.05) is 5.38 Å². The van der Waals surface area contributed by atoms with E-state index in [9.17, 15) is 4.79 Å². The summed E-state index contributed by atoms with van der Waals surface area (Å²) in [6.45, 7) is 0. The predicted molar refractivity (Wildman–Crippen MR) is 80.1 cm³/mol. The molecular formula is C11H10IN3O3S. The quantitative estimate of drug-likeness (QED) is 0.811. The number of aromatic nitrogens is 2. The summed E-state index contributed by atoms with van der Waals surface area (Å²) in [5.74, 6) is 0.515. The summed E-state index contributed by atoms with van der Waals surface area (Å²) in [6.07, 6.45) is 0. The number of hydrogen-bond acceptors (Lipinski definition) is 6. The molecule has 0 radical (unpaired) electrons. The number of halogens is 1. The number of thiophene rings is 1. The van der Waals surface area contributed by atoms with Crippen molar-refractivity contribution in [1.82, 2.24) is 9.97 Å². The third-order valence-electron chi connectivity index (χ3n) is 2.15. The van der Waals surface area contributed by atoms with Crippen LogP contribution in [0.4, 0.5) is 5.95 Å². The molecule has 1 N–H and O–H groups in total. The van der Waals surface area contributed by atoms with Crippen molar-refractivity contribution in [3.8, 4) is 11.8 Å². The fourth-order valence-electron chi connectivity index (χ4n) is 1.27. The van der Waals surface area contributed by atoms with E-state index in [1.807, 2.05) is 0 Å². The van der Waals surface area contributed by atoms with Gasteiger partial charge in [0.05, 0.1) is 28.7 Å². The zero-order valence-electron chi connectivity index (χ0n) is 10.1. The van der Waals surface area contributed by atoms with Crippen molar-refractivity contribution < 1.29 is 14.3 Å². The Morgan fingerprint density at radius 1 is 1.26 bits per heavy atom. The van der Waals surface area contributed by atoms with Crippen molar-refractivity contribution in [3.05, 3.63) is 26.0 Å². The molecule has 2 aromatic heterocycles. The van der Waals surface area contributed by atoms with Crippen LogP contribution in [0.25, 0.3) is 0 Å². The molecule has 8 heteroatoms. The first-order chi connectivity index (χ1) is 9.12. The summed E-state index contributed by atoms with van der Waals surface area (Å²) in [4.78, 5) is 20.0. The van der Waals surface area contributed by atoms with Gasteiger partial charge in [0.1, 0.15) is 0 Å². The summed E-state index contributed by atoms with van der Waals surface area (Å²) in [7, 11) is 2.96. The topological polar surface area (TPSA) is 73.3 Å². The second-order valence-corrected chi connectivity index (χ2v) is 6.18. The molecule has 0 spiro atoms. The predicted octanol–water partition coefficient (Wildman–Crippen LogP) is 2.41. The lowest BCUT2D eigenvalue weighted by atomic mass is 10.3. The van der Waals surface area contributed by atoms with Crippen LogP contribution in [0.2, 0.25) is 0 Å². The van der Waals surface area contributed by atoms with Crippen molar-refractivity contribution in [1.29, 1.82) is 0 Å². The molecule has 2 aromatic rings. The Balaban J connectivity index is 2.20. The normalized spacial score (nSPS) is 10.1. The molecule has 6 nitrogen and oxygen atoms in total. The summed E-state index contributed by atoms with van der Waals surface area (Å²) >= 11 is 3.65. The SMILES string of the molecule is COc1cc(OC)nc(NC(=O)c2csc(I)c2)n1. The fraction of sp³-hybridized carbons (Fsp3) is 0.182. The number of ether oxygens (including phenoxy) is 2. The van der Waals surface area contributed by atoms with Gasteiger partial charge in [0.25, 0.3) is 5.91 Å². The van der Waals surface area contributed by atoms with Crippen LogP contribution < -0.4 is 14.8 Å². The van der Waals surface area contributed by atoms with Crippen LogP contribution in [0.3, 0.4) is 0 Å². The second-order valence-electron chi connectivity index (χ2n) is 3.37. The Bertz CT molecular complexity index is 580. The summed E-state index contributed by atoms with van der Waals surface area (Å²) < 4.78 is 11.0. The van der Waals surface area contributed by atoms with Crippen LogP contribution >= 0.6 is 33.9 Å². The number of nitrogens with one attached hydrogen (secondary N) is 1. The summed E-state index contributed by atoms with van der Waals surface area (Å²) in [5, 5.41) is 4.38.